The van der Waals surface area contributed by atoms with Crippen LogP contribution in [0.1, 0.15) is 34.4 Å². The van der Waals surface area contributed by atoms with Gasteiger partial charge in [-0.25, -0.2) is 4.99 Å². The van der Waals surface area contributed by atoms with Crippen molar-refractivity contribution in [3.05, 3.63) is 43.2 Å². The van der Waals surface area contributed by atoms with Gasteiger partial charge in [0.25, 0.3) is 0 Å². The van der Waals surface area contributed by atoms with Crippen LogP contribution in [0.2, 0.25) is 5.02 Å². The number of hydrogen-bond acceptors (Lipinski definition) is 4. The number of phenolic OH excluding ortho intramolecular Hbond substituents is 1. The smallest absolute Gasteiger partial charge is 0.143 e. The van der Waals surface area contributed by atoms with Crippen molar-refractivity contribution in [1.29, 1.82) is 5.26 Å². The maximum Gasteiger partial charge on any atom is 0.143 e. The van der Waals surface area contributed by atoms with E-state index >= 15 is 0 Å². The van der Waals surface area contributed by atoms with Crippen molar-refractivity contribution in [2.45, 2.75) is 25.7 Å². The third-order valence-electron chi connectivity index (χ3n) is 3.64. The van der Waals surface area contributed by atoms with Crippen molar-refractivity contribution in [3.63, 3.8) is 0 Å². The second kappa shape index (κ2) is 6.41. The normalized spacial score (nSPS) is 14.0. The molecule has 0 bridgehead atoms. The van der Waals surface area contributed by atoms with Gasteiger partial charge in [0, 0.05) is 21.1 Å². The van der Waals surface area contributed by atoms with E-state index in [1.807, 2.05) is 0 Å². The quantitative estimate of drug-likeness (QED) is 0.695. The Morgan fingerprint density at radius 2 is 2.14 bits per heavy atom. The summed E-state index contributed by atoms with van der Waals surface area (Å²) < 4.78 is 0.766. The molecule has 2 aromatic rings. The number of aliphatic imine (C=N–C) groups is 1. The summed E-state index contributed by atoms with van der Waals surface area (Å²) in [5, 5.41) is 20.4. The van der Waals surface area contributed by atoms with Crippen molar-refractivity contribution in [2.24, 2.45) is 4.99 Å². The number of nitrogens with zero attached hydrogens (tertiary/aromatic N) is 2. The molecule has 0 saturated heterocycles. The van der Waals surface area contributed by atoms with Crippen molar-refractivity contribution in [3.8, 4) is 11.8 Å². The fourth-order valence-electron chi connectivity index (χ4n) is 2.57. The maximum absolute atomic E-state index is 9.98. The molecule has 3 nitrogen and oxygen atoms in total. The van der Waals surface area contributed by atoms with Crippen LogP contribution in [0.4, 0.5) is 5.00 Å². The molecular formula is C16H12BrClN2OS. The van der Waals surface area contributed by atoms with E-state index in [9.17, 15) is 10.4 Å². The topological polar surface area (TPSA) is 56.4 Å². The number of benzene rings is 1. The molecule has 1 heterocycles. The molecule has 1 aromatic carbocycles. The van der Waals surface area contributed by atoms with Crippen LogP contribution in [0.15, 0.2) is 21.6 Å². The Morgan fingerprint density at radius 3 is 2.91 bits per heavy atom. The van der Waals surface area contributed by atoms with E-state index in [1.165, 1.54) is 11.3 Å². The fraction of sp³-hybridized carbons (Fsp3) is 0.250. The molecule has 3 rings (SSSR count). The van der Waals surface area contributed by atoms with Crippen LogP contribution in [0, 0.1) is 11.3 Å². The third-order valence-corrected chi connectivity index (χ3v) is 5.59. The zero-order valence-corrected chi connectivity index (χ0v) is 14.7. The summed E-state index contributed by atoms with van der Waals surface area (Å²) in [6.07, 6.45) is 5.84. The minimum atomic E-state index is -0.00607. The summed E-state index contributed by atoms with van der Waals surface area (Å²) in [7, 11) is 0. The Labute approximate surface area is 146 Å². The molecule has 1 aromatic heterocycles. The SMILES string of the molecule is N#Cc1c(N=Cc2cc(Br)cc(Cl)c2O)sc2c1CCCC2. The predicted octanol–water partition coefficient (Wildman–Crippen LogP) is 5.37. The number of thiophene rings is 1. The Balaban J connectivity index is 2.00. The van der Waals surface area contributed by atoms with E-state index in [-0.39, 0.29) is 10.8 Å². The van der Waals surface area contributed by atoms with Gasteiger partial charge >= 0.3 is 0 Å². The summed E-state index contributed by atoms with van der Waals surface area (Å²) in [5.74, 6) is -0.00607. The van der Waals surface area contributed by atoms with Gasteiger partial charge in [-0.3, -0.25) is 0 Å². The Bertz CT molecular complexity index is 807. The van der Waals surface area contributed by atoms with Crippen LogP contribution >= 0.6 is 38.9 Å². The van der Waals surface area contributed by atoms with Crippen LogP contribution in [-0.2, 0) is 12.8 Å². The Morgan fingerprint density at radius 1 is 1.36 bits per heavy atom. The molecule has 0 amide bonds. The lowest BCUT2D eigenvalue weighted by molar-refractivity contribution is 0.474. The van der Waals surface area contributed by atoms with Crippen molar-refractivity contribution in [2.75, 3.05) is 0 Å². The lowest BCUT2D eigenvalue weighted by atomic mass is 9.96. The number of phenols is 1. The second-order valence-electron chi connectivity index (χ2n) is 5.09. The molecular weight excluding hydrogens is 384 g/mol. The molecule has 112 valence electrons. The summed E-state index contributed by atoms with van der Waals surface area (Å²) in [6.45, 7) is 0. The number of halogens is 2. The molecule has 6 heteroatoms. The number of fused-ring (bicyclic) bond motifs is 1. The number of rotatable bonds is 2. The van der Waals surface area contributed by atoms with Gasteiger partial charge in [0.05, 0.1) is 10.6 Å². The first-order chi connectivity index (χ1) is 10.6. The molecule has 0 atom stereocenters. The number of aryl methyl sites for hydroxylation is 1. The lowest BCUT2D eigenvalue weighted by Crippen LogP contribution is -1.99. The van der Waals surface area contributed by atoms with Gasteiger partial charge in [0.1, 0.15) is 16.8 Å². The predicted molar refractivity (Wildman–Crippen MR) is 93.7 cm³/mol. The van der Waals surface area contributed by atoms with Gasteiger partial charge in [-0.2, -0.15) is 5.26 Å². The van der Waals surface area contributed by atoms with Crippen LogP contribution in [0.25, 0.3) is 0 Å². The third kappa shape index (κ3) is 2.91. The molecule has 0 saturated carbocycles. The van der Waals surface area contributed by atoms with E-state index < -0.39 is 0 Å². The molecule has 0 fully saturated rings. The zero-order chi connectivity index (χ0) is 15.7. The van der Waals surface area contributed by atoms with Gasteiger partial charge in [-0.15, -0.1) is 11.3 Å². The van der Waals surface area contributed by atoms with E-state index in [0.29, 0.717) is 16.1 Å². The molecule has 22 heavy (non-hydrogen) atoms. The number of aromatic hydroxyl groups is 1. The van der Waals surface area contributed by atoms with Gasteiger partial charge in [0.15, 0.2) is 0 Å². The van der Waals surface area contributed by atoms with Crippen molar-refractivity contribution in [1.82, 2.24) is 0 Å². The first-order valence-electron chi connectivity index (χ1n) is 6.87. The lowest BCUT2D eigenvalue weighted by Gasteiger charge is -2.09. The van der Waals surface area contributed by atoms with E-state index in [4.69, 9.17) is 11.6 Å². The van der Waals surface area contributed by atoms with Crippen LogP contribution in [0.3, 0.4) is 0 Å². The van der Waals surface area contributed by atoms with Gasteiger partial charge in [-0.05, 0) is 43.4 Å². The largest absolute Gasteiger partial charge is 0.506 e. The first kappa shape index (κ1) is 15.5. The molecule has 0 aliphatic heterocycles. The highest BCUT2D eigenvalue weighted by Crippen LogP contribution is 2.39. The highest BCUT2D eigenvalue weighted by molar-refractivity contribution is 9.10. The number of hydrogen-bond donors (Lipinski definition) is 1. The average molecular weight is 396 g/mol. The molecule has 0 radical (unpaired) electrons. The van der Waals surface area contributed by atoms with Crippen LogP contribution in [-0.4, -0.2) is 11.3 Å². The van der Waals surface area contributed by atoms with E-state index in [2.05, 4.69) is 27.0 Å². The standard InChI is InChI=1S/C16H12BrClN2OS/c17-10-5-9(15(21)13(18)6-10)8-20-16-12(7-19)11-3-1-2-4-14(11)22-16/h5-6,8,21H,1-4H2. The highest BCUT2D eigenvalue weighted by atomic mass is 79.9. The van der Waals surface area contributed by atoms with E-state index in [0.717, 1.165) is 29.3 Å². The van der Waals surface area contributed by atoms with E-state index in [1.54, 1.807) is 29.7 Å². The van der Waals surface area contributed by atoms with Crippen molar-refractivity contribution < 1.29 is 5.11 Å². The molecule has 0 spiro atoms. The van der Waals surface area contributed by atoms with Gasteiger partial charge < -0.3 is 5.11 Å². The van der Waals surface area contributed by atoms with Gasteiger partial charge in [0.2, 0.25) is 0 Å². The summed E-state index contributed by atoms with van der Waals surface area (Å²) in [5.41, 5.74) is 2.36. The highest BCUT2D eigenvalue weighted by Gasteiger charge is 2.20. The van der Waals surface area contributed by atoms with Crippen molar-refractivity contribution >= 4 is 50.1 Å². The second-order valence-corrected chi connectivity index (χ2v) is 7.49. The molecule has 0 unspecified atom stereocenters. The van der Waals surface area contributed by atoms with Gasteiger partial charge in [-0.1, -0.05) is 27.5 Å². The Hall–Kier alpha value is -1.35. The minimum absolute atomic E-state index is 0.00607. The van der Waals surface area contributed by atoms with Crippen LogP contribution < -0.4 is 0 Å². The summed E-state index contributed by atoms with van der Waals surface area (Å²) >= 11 is 10.9. The monoisotopic (exact) mass is 394 g/mol. The summed E-state index contributed by atoms with van der Waals surface area (Å²) in [4.78, 5) is 5.70. The molecule has 1 aliphatic rings. The zero-order valence-electron chi connectivity index (χ0n) is 11.6. The number of nitriles is 1. The summed E-state index contributed by atoms with van der Waals surface area (Å²) in [6, 6.07) is 5.64. The van der Waals surface area contributed by atoms with Crippen LogP contribution in [0.5, 0.6) is 5.75 Å². The average Bonchev–Trinajstić information content (AvgIpc) is 2.86. The maximum atomic E-state index is 9.98. The minimum Gasteiger partial charge on any atom is -0.506 e. The fourth-order valence-corrected chi connectivity index (χ4v) is 4.59. The first-order valence-corrected chi connectivity index (χ1v) is 8.85. The Kier molecular flexibility index (Phi) is 4.53. The molecule has 1 N–H and O–H groups in total. The molecule has 1 aliphatic carbocycles.